The van der Waals surface area contributed by atoms with Crippen molar-refractivity contribution in [2.24, 2.45) is 0 Å². The van der Waals surface area contributed by atoms with Crippen LogP contribution in [0.2, 0.25) is 0 Å². The minimum atomic E-state index is -0.900. The maximum absolute atomic E-state index is 11.1. The minimum Gasteiger partial charge on any atom is -0.480 e. The van der Waals surface area contributed by atoms with Gasteiger partial charge in [0, 0.05) is 13.7 Å². The van der Waals surface area contributed by atoms with Crippen LogP contribution in [0.4, 0.5) is 0 Å². The summed E-state index contributed by atoms with van der Waals surface area (Å²) in [7, 11) is 1.60. The number of carboxylic acid groups (broad SMARTS) is 1. The van der Waals surface area contributed by atoms with Crippen molar-refractivity contribution in [3.8, 4) is 0 Å². The second-order valence-corrected chi connectivity index (χ2v) is 3.92. The molecule has 0 fully saturated rings. The maximum Gasteiger partial charge on any atom is 0.323 e. The number of nitrogens with one attached hydrogen (secondary N) is 1. The molecule has 0 amide bonds. The zero-order valence-corrected chi connectivity index (χ0v) is 10.4. The first-order chi connectivity index (χ1) is 7.56. The van der Waals surface area contributed by atoms with E-state index in [-0.39, 0.29) is 0 Å². The highest BCUT2D eigenvalue weighted by atomic mass is 16.5. The van der Waals surface area contributed by atoms with Crippen molar-refractivity contribution in [2.75, 3.05) is 33.5 Å². The van der Waals surface area contributed by atoms with Gasteiger partial charge in [0.1, 0.15) is 5.54 Å². The number of rotatable bonds is 10. The second kappa shape index (κ2) is 8.50. The third-order valence-corrected chi connectivity index (χ3v) is 2.42. The predicted molar refractivity (Wildman–Crippen MR) is 61.6 cm³/mol. The molecule has 0 aromatic rings. The molecule has 0 spiro atoms. The van der Waals surface area contributed by atoms with E-state index in [9.17, 15) is 4.79 Å². The zero-order chi connectivity index (χ0) is 12.4. The molecule has 0 aliphatic rings. The summed E-state index contributed by atoms with van der Waals surface area (Å²) in [6.07, 6.45) is 1.36. The Morgan fingerprint density at radius 2 is 2.06 bits per heavy atom. The smallest absolute Gasteiger partial charge is 0.323 e. The second-order valence-electron chi connectivity index (χ2n) is 3.92. The van der Waals surface area contributed by atoms with E-state index in [2.05, 4.69) is 5.32 Å². The SMILES string of the molecule is CCCNC(C)(CCOCCOC)C(=O)O. The summed E-state index contributed by atoms with van der Waals surface area (Å²) in [5, 5.41) is 12.1. The van der Waals surface area contributed by atoms with Gasteiger partial charge in [-0.1, -0.05) is 6.92 Å². The minimum absolute atomic E-state index is 0.420. The van der Waals surface area contributed by atoms with E-state index in [4.69, 9.17) is 14.6 Å². The molecule has 0 bridgehead atoms. The van der Waals surface area contributed by atoms with Crippen LogP contribution in [-0.4, -0.2) is 50.1 Å². The van der Waals surface area contributed by atoms with Crippen molar-refractivity contribution in [3.05, 3.63) is 0 Å². The Hall–Kier alpha value is -0.650. The van der Waals surface area contributed by atoms with Crippen LogP contribution in [0.25, 0.3) is 0 Å². The number of carboxylic acids is 1. The summed E-state index contributed by atoms with van der Waals surface area (Å²) in [4.78, 5) is 11.1. The van der Waals surface area contributed by atoms with Gasteiger partial charge in [0.25, 0.3) is 0 Å². The van der Waals surface area contributed by atoms with E-state index in [1.165, 1.54) is 0 Å². The molecule has 5 heteroatoms. The van der Waals surface area contributed by atoms with E-state index >= 15 is 0 Å². The third-order valence-electron chi connectivity index (χ3n) is 2.42. The lowest BCUT2D eigenvalue weighted by atomic mass is 9.98. The van der Waals surface area contributed by atoms with Crippen molar-refractivity contribution in [2.45, 2.75) is 32.2 Å². The lowest BCUT2D eigenvalue weighted by Crippen LogP contribution is -2.50. The Morgan fingerprint density at radius 3 is 2.56 bits per heavy atom. The van der Waals surface area contributed by atoms with Crippen LogP contribution in [0.3, 0.4) is 0 Å². The highest BCUT2D eigenvalue weighted by Crippen LogP contribution is 2.10. The summed E-state index contributed by atoms with van der Waals surface area (Å²) < 4.78 is 10.1. The van der Waals surface area contributed by atoms with Crippen LogP contribution >= 0.6 is 0 Å². The zero-order valence-electron chi connectivity index (χ0n) is 10.4. The number of aliphatic carboxylic acids is 1. The Morgan fingerprint density at radius 1 is 1.38 bits per heavy atom. The van der Waals surface area contributed by atoms with Gasteiger partial charge in [-0.2, -0.15) is 0 Å². The van der Waals surface area contributed by atoms with E-state index in [1.807, 2.05) is 6.92 Å². The van der Waals surface area contributed by atoms with Crippen LogP contribution < -0.4 is 5.32 Å². The predicted octanol–water partition coefficient (Wildman–Crippen LogP) is 0.882. The molecular weight excluding hydrogens is 210 g/mol. The molecule has 2 N–H and O–H groups in total. The summed E-state index contributed by atoms with van der Waals surface area (Å²) in [6, 6.07) is 0. The number of methoxy groups -OCH3 is 1. The van der Waals surface area contributed by atoms with Crippen molar-refractivity contribution >= 4 is 5.97 Å². The van der Waals surface area contributed by atoms with Crippen LogP contribution in [0.5, 0.6) is 0 Å². The molecule has 0 saturated heterocycles. The number of hydrogen-bond donors (Lipinski definition) is 2. The van der Waals surface area contributed by atoms with E-state index in [1.54, 1.807) is 14.0 Å². The summed E-state index contributed by atoms with van der Waals surface area (Å²) >= 11 is 0. The van der Waals surface area contributed by atoms with Crippen LogP contribution in [0.1, 0.15) is 26.7 Å². The molecular formula is C11H23NO4. The van der Waals surface area contributed by atoms with Crippen LogP contribution in [0, 0.1) is 0 Å². The molecule has 0 saturated carbocycles. The first kappa shape index (κ1) is 15.3. The number of carbonyl (C=O) groups is 1. The lowest BCUT2D eigenvalue weighted by molar-refractivity contribution is -0.145. The summed E-state index contributed by atoms with van der Waals surface area (Å²) in [5.74, 6) is -0.837. The molecule has 1 unspecified atom stereocenters. The molecule has 0 aromatic carbocycles. The molecule has 0 aliphatic carbocycles. The summed E-state index contributed by atoms with van der Waals surface area (Å²) in [6.45, 7) is 5.84. The maximum atomic E-state index is 11.1. The molecule has 5 nitrogen and oxygen atoms in total. The van der Waals surface area contributed by atoms with E-state index in [0.29, 0.717) is 32.8 Å². The summed E-state index contributed by atoms with van der Waals surface area (Å²) in [5.41, 5.74) is -0.900. The third kappa shape index (κ3) is 6.05. The van der Waals surface area contributed by atoms with Gasteiger partial charge in [-0.15, -0.1) is 0 Å². The average molecular weight is 233 g/mol. The van der Waals surface area contributed by atoms with Gasteiger partial charge in [0.2, 0.25) is 0 Å². The van der Waals surface area contributed by atoms with Gasteiger partial charge in [0.05, 0.1) is 13.2 Å². The van der Waals surface area contributed by atoms with Gasteiger partial charge in [-0.05, 0) is 26.3 Å². The molecule has 0 heterocycles. The van der Waals surface area contributed by atoms with Crippen molar-refractivity contribution in [3.63, 3.8) is 0 Å². The normalized spacial score (nSPS) is 14.7. The van der Waals surface area contributed by atoms with Gasteiger partial charge in [-0.3, -0.25) is 4.79 Å². The van der Waals surface area contributed by atoms with E-state index < -0.39 is 11.5 Å². The number of ether oxygens (including phenoxy) is 2. The quantitative estimate of drug-likeness (QED) is 0.548. The van der Waals surface area contributed by atoms with Gasteiger partial charge in [-0.25, -0.2) is 0 Å². The number of hydrogen-bond acceptors (Lipinski definition) is 4. The fourth-order valence-electron chi connectivity index (χ4n) is 1.19. The van der Waals surface area contributed by atoms with Gasteiger partial charge in [0.15, 0.2) is 0 Å². The molecule has 0 aliphatic heterocycles. The standard InChI is InChI=1S/C11H23NO4/c1-4-6-12-11(2,10(13)14)5-7-16-9-8-15-3/h12H,4-9H2,1-3H3,(H,13,14). The Balaban J connectivity index is 3.88. The highest BCUT2D eigenvalue weighted by Gasteiger charge is 2.31. The Labute approximate surface area is 97.1 Å². The molecule has 0 aromatic heterocycles. The molecule has 1 atom stereocenters. The molecule has 96 valence electrons. The van der Waals surface area contributed by atoms with Gasteiger partial charge < -0.3 is 19.9 Å². The van der Waals surface area contributed by atoms with Crippen LogP contribution in [0.15, 0.2) is 0 Å². The lowest BCUT2D eigenvalue weighted by Gasteiger charge is -2.26. The largest absolute Gasteiger partial charge is 0.480 e. The Kier molecular flexibility index (Phi) is 8.15. The molecule has 0 radical (unpaired) electrons. The fourth-order valence-corrected chi connectivity index (χ4v) is 1.19. The first-order valence-corrected chi connectivity index (χ1v) is 5.62. The molecule has 0 rings (SSSR count). The molecule has 16 heavy (non-hydrogen) atoms. The van der Waals surface area contributed by atoms with E-state index in [0.717, 1.165) is 6.42 Å². The van der Waals surface area contributed by atoms with Crippen molar-refractivity contribution < 1.29 is 19.4 Å². The highest BCUT2D eigenvalue weighted by molar-refractivity contribution is 5.78. The fraction of sp³-hybridized carbons (Fsp3) is 0.909. The first-order valence-electron chi connectivity index (χ1n) is 5.62. The monoisotopic (exact) mass is 233 g/mol. The Bertz CT molecular complexity index is 198. The average Bonchev–Trinajstić information content (AvgIpc) is 2.26. The van der Waals surface area contributed by atoms with Crippen molar-refractivity contribution in [1.29, 1.82) is 0 Å². The topological polar surface area (TPSA) is 67.8 Å². The van der Waals surface area contributed by atoms with Gasteiger partial charge >= 0.3 is 5.97 Å². The van der Waals surface area contributed by atoms with Crippen molar-refractivity contribution in [1.82, 2.24) is 5.32 Å². The van der Waals surface area contributed by atoms with Crippen LogP contribution in [-0.2, 0) is 14.3 Å².